The smallest absolute Gasteiger partial charge is 0.228 e. The van der Waals surface area contributed by atoms with E-state index in [0.717, 1.165) is 51.1 Å². The first kappa shape index (κ1) is 17.2. The highest BCUT2D eigenvalue weighted by Gasteiger charge is 2.37. The molecule has 3 rings (SSSR count). The lowest BCUT2D eigenvalue weighted by Gasteiger charge is -2.45. The van der Waals surface area contributed by atoms with Crippen molar-refractivity contribution in [3.63, 3.8) is 0 Å². The zero-order valence-corrected chi connectivity index (χ0v) is 15.3. The number of rotatable bonds is 4. The first-order valence-electron chi connectivity index (χ1n) is 9.78. The minimum Gasteiger partial charge on any atom is -0.340 e. The van der Waals surface area contributed by atoms with E-state index in [9.17, 15) is 4.79 Å². The second-order valence-corrected chi connectivity index (χ2v) is 8.50. The van der Waals surface area contributed by atoms with Gasteiger partial charge in [-0.3, -0.25) is 14.6 Å². The van der Waals surface area contributed by atoms with Crippen molar-refractivity contribution < 1.29 is 4.79 Å². The van der Waals surface area contributed by atoms with Crippen LogP contribution in [-0.2, 0) is 4.79 Å². The molecule has 2 heterocycles. The van der Waals surface area contributed by atoms with Crippen molar-refractivity contribution in [2.45, 2.75) is 52.5 Å². The Labute approximate surface area is 142 Å². The number of hydrogen-bond donors (Lipinski definition) is 0. The summed E-state index contributed by atoms with van der Waals surface area (Å²) in [5.74, 6) is 2.52. The molecule has 0 spiro atoms. The average molecular weight is 322 g/mol. The molecular formula is C19H35N3O. The number of amides is 1. The maximum atomic E-state index is 12.6. The van der Waals surface area contributed by atoms with E-state index in [2.05, 4.69) is 35.5 Å². The van der Waals surface area contributed by atoms with Crippen LogP contribution in [0.2, 0.25) is 0 Å². The molecule has 0 N–H and O–H groups in total. The first-order valence-corrected chi connectivity index (χ1v) is 9.78. The van der Waals surface area contributed by atoms with Crippen LogP contribution in [0.15, 0.2) is 0 Å². The number of piperazine rings is 1. The van der Waals surface area contributed by atoms with Gasteiger partial charge in [0, 0.05) is 51.9 Å². The van der Waals surface area contributed by atoms with Gasteiger partial charge in [0.1, 0.15) is 0 Å². The quantitative estimate of drug-likeness (QED) is 0.795. The lowest BCUT2D eigenvalue weighted by molar-refractivity contribution is -0.143. The summed E-state index contributed by atoms with van der Waals surface area (Å²) < 4.78 is 0. The lowest BCUT2D eigenvalue weighted by Crippen LogP contribution is -2.59. The molecule has 0 radical (unpaired) electrons. The van der Waals surface area contributed by atoms with Crippen molar-refractivity contribution in [2.24, 2.45) is 17.8 Å². The molecule has 0 aromatic heterocycles. The second kappa shape index (κ2) is 7.52. The molecule has 0 aromatic rings. The van der Waals surface area contributed by atoms with Crippen LogP contribution < -0.4 is 0 Å². The van der Waals surface area contributed by atoms with Gasteiger partial charge in [0.25, 0.3) is 0 Å². The van der Waals surface area contributed by atoms with E-state index in [-0.39, 0.29) is 5.92 Å². The third kappa shape index (κ3) is 4.27. The third-order valence-electron chi connectivity index (χ3n) is 6.33. The summed E-state index contributed by atoms with van der Waals surface area (Å²) >= 11 is 0. The molecule has 4 heteroatoms. The molecule has 0 unspecified atom stereocenters. The van der Waals surface area contributed by atoms with Crippen molar-refractivity contribution >= 4 is 5.91 Å². The van der Waals surface area contributed by atoms with Crippen LogP contribution in [0.5, 0.6) is 0 Å². The predicted molar refractivity (Wildman–Crippen MR) is 94.3 cm³/mol. The predicted octanol–water partition coefficient (Wildman–Crippen LogP) is 2.30. The summed E-state index contributed by atoms with van der Waals surface area (Å²) in [5, 5.41) is 0. The second-order valence-electron chi connectivity index (χ2n) is 8.50. The first-order chi connectivity index (χ1) is 11.0. The Balaban J connectivity index is 1.36. The lowest BCUT2D eigenvalue weighted by atomic mass is 9.83. The molecule has 1 aliphatic carbocycles. The van der Waals surface area contributed by atoms with E-state index < -0.39 is 0 Å². The fraction of sp³-hybridized carbons (Fsp3) is 0.947. The number of likely N-dealkylation sites (tertiary alicyclic amines) is 1. The van der Waals surface area contributed by atoms with Crippen LogP contribution in [0.3, 0.4) is 0 Å². The monoisotopic (exact) mass is 321 g/mol. The summed E-state index contributed by atoms with van der Waals surface area (Å²) in [6.07, 6.45) is 5.65. The van der Waals surface area contributed by atoms with Crippen molar-refractivity contribution in [1.82, 2.24) is 14.7 Å². The Hall–Kier alpha value is -0.610. The van der Waals surface area contributed by atoms with E-state index in [1.807, 2.05) is 0 Å². The van der Waals surface area contributed by atoms with E-state index >= 15 is 0 Å². The van der Waals surface area contributed by atoms with Crippen LogP contribution in [0.1, 0.15) is 46.5 Å². The van der Waals surface area contributed by atoms with Crippen LogP contribution in [0.4, 0.5) is 0 Å². The highest BCUT2D eigenvalue weighted by Crippen LogP contribution is 2.29. The van der Waals surface area contributed by atoms with Crippen molar-refractivity contribution in [3.05, 3.63) is 0 Å². The molecule has 0 aromatic carbocycles. The fourth-order valence-electron chi connectivity index (χ4n) is 4.38. The molecule has 1 amide bonds. The van der Waals surface area contributed by atoms with Crippen molar-refractivity contribution in [2.75, 3.05) is 45.8 Å². The molecule has 3 aliphatic rings. The SMILES string of the molecule is CC1CCC(CN2CCN(C(=O)C3CN(C(C)C)C3)CC2)CC1. The van der Waals surface area contributed by atoms with Gasteiger partial charge in [0.15, 0.2) is 0 Å². The Bertz CT molecular complexity index is 389. The largest absolute Gasteiger partial charge is 0.340 e. The minimum absolute atomic E-state index is 0.267. The van der Waals surface area contributed by atoms with Crippen LogP contribution >= 0.6 is 0 Å². The zero-order chi connectivity index (χ0) is 16.4. The van der Waals surface area contributed by atoms with Gasteiger partial charge >= 0.3 is 0 Å². The standard InChI is InChI=1S/C19H35N3O/c1-15(2)22-13-18(14-22)19(23)21-10-8-20(9-11-21)12-17-6-4-16(3)5-7-17/h15-18H,4-14H2,1-3H3. The van der Waals surface area contributed by atoms with Crippen LogP contribution in [0, 0.1) is 17.8 Å². The minimum atomic E-state index is 0.267. The van der Waals surface area contributed by atoms with Gasteiger partial charge in [-0.1, -0.05) is 19.8 Å². The van der Waals surface area contributed by atoms with Gasteiger partial charge in [-0.2, -0.15) is 0 Å². The Morgan fingerprint density at radius 3 is 2.17 bits per heavy atom. The van der Waals surface area contributed by atoms with Gasteiger partial charge in [-0.25, -0.2) is 0 Å². The van der Waals surface area contributed by atoms with E-state index in [1.165, 1.54) is 32.2 Å². The summed E-state index contributed by atoms with van der Waals surface area (Å²) in [7, 11) is 0. The molecule has 0 atom stereocenters. The van der Waals surface area contributed by atoms with Gasteiger partial charge in [-0.05, 0) is 38.5 Å². The van der Waals surface area contributed by atoms with Gasteiger partial charge in [0.05, 0.1) is 5.92 Å². The van der Waals surface area contributed by atoms with E-state index in [4.69, 9.17) is 0 Å². The Morgan fingerprint density at radius 2 is 1.61 bits per heavy atom. The van der Waals surface area contributed by atoms with Gasteiger partial charge in [0.2, 0.25) is 5.91 Å². The van der Waals surface area contributed by atoms with E-state index in [1.54, 1.807) is 0 Å². The molecule has 0 bridgehead atoms. The molecule has 4 nitrogen and oxygen atoms in total. The Kier molecular flexibility index (Phi) is 5.63. The van der Waals surface area contributed by atoms with Gasteiger partial charge in [-0.15, -0.1) is 0 Å². The van der Waals surface area contributed by atoms with Crippen molar-refractivity contribution in [3.8, 4) is 0 Å². The molecule has 1 saturated carbocycles. The number of carbonyl (C=O) groups is 1. The topological polar surface area (TPSA) is 26.8 Å². The fourth-order valence-corrected chi connectivity index (χ4v) is 4.38. The molecule has 2 saturated heterocycles. The molecular weight excluding hydrogens is 286 g/mol. The number of carbonyl (C=O) groups excluding carboxylic acids is 1. The maximum Gasteiger partial charge on any atom is 0.228 e. The molecule has 3 fully saturated rings. The zero-order valence-electron chi connectivity index (χ0n) is 15.3. The van der Waals surface area contributed by atoms with Crippen LogP contribution in [0.25, 0.3) is 0 Å². The summed E-state index contributed by atoms with van der Waals surface area (Å²) in [6, 6.07) is 0.578. The van der Waals surface area contributed by atoms with Crippen molar-refractivity contribution in [1.29, 1.82) is 0 Å². The number of hydrogen-bond acceptors (Lipinski definition) is 3. The highest BCUT2D eigenvalue weighted by atomic mass is 16.2. The Morgan fingerprint density at radius 1 is 1.00 bits per heavy atom. The van der Waals surface area contributed by atoms with Gasteiger partial charge < -0.3 is 4.90 Å². The van der Waals surface area contributed by atoms with Crippen LogP contribution in [-0.4, -0.2) is 72.5 Å². The summed E-state index contributed by atoms with van der Waals surface area (Å²) in [5.41, 5.74) is 0. The average Bonchev–Trinajstić information content (AvgIpc) is 2.48. The molecule has 2 aliphatic heterocycles. The molecule has 132 valence electrons. The summed E-state index contributed by atoms with van der Waals surface area (Å²) in [4.78, 5) is 19.7. The summed E-state index contributed by atoms with van der Waals surface area (Å²) in [6.45, 7) is 14.1. The number of nitrogens with zero attached hydrogens (tertiary/aromatic N) is 3. The molecule has 23 heavy (non-hydrogen) atoms. The normalized spacial score (nSPS) is 31.4. The highest BCUT2D eigenvalue weighted by molar-refractivity contribution is 5.80. The van der Waals surface area contributed by atoms with E-state index in [0.29, 0.717) is 11.9 Å². The maximum absolute atomic E-state index is 12.6. The third-order valence-corrected chi connectivity index (χ3v) is 6.33.